The molecule has 4 heteroatoms. The van der Waals surface area contributed by atoms with Gasteiger partial charge in [0.2, 0.25) is 0 Å². The molecule has 0 aliphatic carbocycles. The zero-order valence-corrected chi connectivity index (χ0v) is 9.02. The molecule has 0 saturated carbocycles. The number of hydrogen-bond acceptors (Lipinski definition) is 3. The van der Waals surface area contributed by atoms with Crippen LogP contribution in [0.3, 0.4) is 0 Å². The average Bonchev–Trinajstić information content (AvgIpc) is 2.17. The summed E-state index contributed by atoms with van der Waals surface area (Å²) in [6.07, 6.45) is 1.16. The summed E-state index contributed by atoms with van der Waals surface area (Å²) in [5, 5.41) is 1.08. The largest absolute Gasteiger partial charge is 0.483 e. The smallest absolute Gasteiger partial charge is 0.188 e. The molecule has 0 radical (unpaired) electrons. The first-order valence-electron chi connectivity index (χ1n) is 3.41. The molecule has 1 aromatic rings. The first-order valence-corrected chi connectivity index (χ1v) is 6.01. The molecule has 2 rings (SSSR count). The maximum Gasteiger partial charge on any atom is 0.188 e. The lowest BCUT2D eigenvalue weighted by Crippen LogP contribution is -1.93. The van der Waals surface area contributed by atoms with Gasteiger partial charge in [-0.25, -0.2) is 0 Å². The molecule has 0 amide bonds. The van der Waals surface area contributed by atoms with Gasteiger partial charge < -0.3 is 4.74 Å². The highest BCUT2D eigenvalue weighted by Crippen LogP contribution is 2.41. The maximum atomic E-state index is 5.54. The van der Waals surface area contributed by atoms with E-state index in [1.165, 1.54) is 10.6 Å². The molecule has 0 saturated heterocycles. The Morgan fingerprint density at radius 2 is 2.45 bits per heavy atom. The number of fused-ring (bicyclic) bond motifs is 1. The minimum absolute atomic E-state index is 0.868. The SMILES string of the molecule is Brc1cc2c(s1)OCCCS2. The van der Waals surface area contributed by atoms with Crippen molar-refractivity contribution in [2.75, 3.05) is 12.4 Å². The Morgan fingerprint density at radius 3 is 3.36 bits per heavy atom. The average molecular weight is 251 g/mol. The van der Waals surface area contributed by atoms with E-state index in [1.54, 1.807) is 11.3 Å². The fourth-order valence-corrected chi connectivity index (χ4v) is 3.65. The normalized spacial score (nSPS) is 16.8. The number of ether oxygens (including phenoxy) is 1. The molecule has 0 fully saturated rings. The van der Waals surface area contributed by atoms with E-state index in [0.717, 1.165) is 21.9 Å². The predicted octanol–water partition coefficient (Wildman–Crippen LogP) is 3.39. The van der Waals surface area contributed by atoms with Crippen LogP contribution in [0.15, 0.2) is 14.7 Å². The highest BCUT2D eigenvalue weighted by atomic mass is 79.9. The number of thiophene rings is 1. The molecule has 0 aromatic carbocycles. The number of hydrogen-bond donors (Lipinski definition) is 0. The van der Waals surface area contributed by atoms with E-state index < -0.39 is 0 Å². The minimum atomic E-state index is 0.868. The van der Waals surface area contributed by atoms with Gasteiger partial charge in [-0.2, -0.15) is 0 Å². The third-order valence-electron chi connectivity index (χ3n) is 1.42. The topological polar surface area (TPSA) is 9.23 Å². The van der Waals surface area contributed by atoms with Crippen LogP contribution in [0.2, 0.25) is 0 Å². The van der Waals surface area contributed by atoms with E-state index >= 15 is 0 Å². The molecule has 0 bridgehead atoms. The lowest BCUT2D eigenvalue weighted by atomic mass is 10.5. The third kappa shape index (κ3) is 1.73. The molecule has 0 spiro atoms. The summed E-state index contributed by atoms with van der Waals surface area (Å²) in [5.41, 5.74) is 0. The van der Waals surface area contributed by atoms with Crippen molar-refractivity contribution in [3.63, 3.8) is 0 Å². The van der Waals surface area contributed by atoms with Gasteiger partial charge in [0.05, 0.1) is 15.3 Å². The second-order valence-electron chi connectivity index (χ2n) is 2.25. The molecule has 1 aliphatic heterocycles. The lowest BCUT2D eigenvalue weighted by Gasteiger charge is -1.97. The van der Waals surface area contributed by atoms with Crippen molar-refractivity contribution in [1.82, 2.24) is 0 Å². The van der Waals surface area contributed by atoms with Crippen LogP contribution in [0.1, 0.15) is 6.42 Å². The van der Waals surface area contributed by atoms with E-state index in [9.17, 15) is 0 Å². The van der Waals surface area contributed by atoms with E-state index in [1.807, 2.05) is 11.8 Å². The van der Waals surface area contributed by atoms with Crippen LogP contribution >= 0.6 is 39.0 Å². The van der Waals surface area contributed by atoms with Crippen LogP contribution in [0, 0.1) is 0 Å². The maximum absolute atomic E-state index is 5.54. The van der Waals surface area contributed by atoms with Gasteiger partial charge in [-0.15, -0.1) is 11.8 Å². The van der Waals surface area contributed by atoms with Crippen LogP contribution in [-0.4, -0.2) is 12.4 Å². The summed E-state index contributed by atoms with van der Waals surface area (Å²) in [6.45, 7) is 0.868. The van der Waals surface area contributed by atoms with Gasteiger partial charge in [0.1, 0.15) is 0 Å². The predicted molar refractivity (Wildman–Crippen MR) is 52.9 cm³/mol. The van der Waals surface area contributed by atoms with E-state index in [4.69, 9.17) is 4.74 Å². The Bertz CT molecular complexity index is 235. The molecule has 1 aliphatic rings. The molecule has 1 nitrogen and oxygen atoms in total. The summed E-state index contributed by atoms with van der Waals surface area (Å²) >= 11 is 7.01. The highest BCUT2D eigenvalue weighted by molar-refractivity contribution is 9.11. The monoisotopic (exact) mass is 250 g/mol. The fourth-order valence-electron chi connectivity index (χ4n) is 0.937. The van der Waals surface area contributed by atoms with Gasteiger partial charge in [-0.3, -0.25) is 0 Å². The van der Waals surface area contributed by atoms with Gasteiger partial charge in [-0.1, -0.05) is 11.3 Å². The molecule has 2 heterocycles. The first kappa shape index (κ1) is 7.95. The van der Waals surface area contributed by atoms with Crippen LogP contribution in [0.25, 0.3) is 0 Å². The highest BCUT2D eigenvalue weighted by Gasteiger charge is 2.12. The van der Waals surface area contributed by atoms with Crippen molar-refractivity contribution >= 4 is 39.0 Å². The van der Waals surface area contributed by atoms with Crippen molar-refractivity contribution < 1.29 is 4.74 Å². The molecule has 1 aromatic heterocycles. The summed E-state index contributed by atoms with van der Waals surface area (Å²) in [6, 6.07) is 2.13. The molecular weight excluding hydrogens is 244 g/mol. The Balaban J connectivity index is 2.32. The standard InChI is InChI=1S/C7H7BrOS2/c8-6-4-5-7(11-6)9-2-1-3-10-5/h4H,1-3H2. The first-order chi connectivity index (χ1) is 5.36. The number of thioether (sulfide) groups is 1. The van der Waals surface area contributed by atoms with Crippen LogP contribution < -0.4 is 4.74 Å². The van der Waals surface area contributed by atoms with Crippen molar-refractivity contribution in [1.29, 1.82) is 0 Å². The Hall–Kier alpha value is 0.330. The van der Waals surface area contributed by atoms with Crippen LogP contribution in [-0.2, 0) is 0 Å². The third-order valence-corrected chi connectivity index (χ3v) is 4.20. The van der Waals surface area contributed by atoms with Crippen LogP contribution in [0.5, 0.6) is 5.06 Å². The molecule has 11 heavy (non-hydrogen) atoms. The number of halogens is 1. The van der Waals surface area contributed by atoms with Gasteiger partial charge in [0.25, 0.3) is 0 Å². The minimum Gasteiger partial charge on any atom is -0.483 e. The molecular formula is C7H7BrOS2. The second kappa shape index (κ2) is 3.37. The van der Waals surface area contributed by atoms with E-state index in [-0.39, 0.29) is 0 Å². The summed E-state index contributed by atoms with van der Waals surface area (Å²) in [5.74, 6) is 1.18. The second-order valence-corrected chi connectivity index (χ2v) is 5.78. The van der Waals surface area contributed by atoms with Crippen molar-refractivity contribution in [2.45, 2.75) is 11.3 Å². The zero-order chi connectivity index (χ0) is 7.68. The molecule has 0 atom stereocenters. The Morgan fingerprint density at radius 1 is 1.55 bits per heavy atom. The van der Waals surface area contributed by atoms with Gasteiger partial charge in [-0.05, 0) is 28.4 Å². The number of rotatable bonds is 0. The van der Waals surface area contributed by atoms with E-state index in [2.05, 4.69) is 22.0 Å². The van der Waals surface area contributed by atoms with Crippen molar-refractivity contribution in [2.24, 2.45) is 0 Å². The molecule has 0 N–H and O–H groups in total. The van der Waals surface area contributed by atoms with Gasteiger partial charge >= 0.3 is 0 Å². The van der Waals surface area contributed by atoms with Gasteiger partial charge in [0, 0.05) is 5.75 Å². The van der Waals surface area contributed by atoms with Gasteiger partial charge in [0.15, 0.2) is 5.06 Å². The van der Waals surface area contributed by atoms with E-state index in [0.29, 0.717) is 0 Å². The van der Waals surface area contributed by atoms with Crippen LogP contribution in [0.4, 0.5) is 0 Å². The summed E-state index contributed by atoms with van der Waals surface area (Å²) < 4.78 is 6.70. The zero-order valence-electron chi connectivity index (χ0n) is 5.80. The van der Waals surface area contributed by atoms with Crippen molar-refractivity contribution in [3.8, 4) is 5.06 Å². The van der Waals surface area contributed by atoms with Crippen molar-refractivity contribution in [3.05, 3.63) is 9.85 Å². The Labute approximate surface area is 82.3 Å². The fraction of sp³-hybridized carbons (Fsp3) is 0.429. The molecule has 0 unspecified atom stereocenters. The quantitative estimate of drug-likeness (QED) is 0.699. The molecule has 60 valence electrons. The summed E-state index contributed by atoms with van der Waals surface area (Å²) in [7, 11) is 0. The lowest BCUT2D eigenvalue weighted by molar-refractivity contribution is 0.324. The Kier molecular flexibility index (Phi) is 2.44. The summed E-state index contributed by atoms with van der Waals surface area (Å²) in [4.78, 5) is 1.29.